The number of allylic oxidation sites excluding steroid dienone is 1. The molecule has 172 valence electrons. The minimum absolute atomic E-state index is 0.0356. The Morgan fingerprint density at radius 3 is 2.34 bits per heavy atom. The third kappa shape index (κ3) is 7.32. The Balaban J connectivity index is 1.69. The second-order valence-corrected chi connectivity index (χ2v) is 10.4. The molecule has 6 nitrogen and oxygen atoms in total. The van der Waals surface area contributed by atoms with E-state index in [4.69, 9.17) is 28.3 Å². The molecule has 0 aliphatic carbocycles. The second kappa shape index (κ2) is 11.3. The highest BCUT2D eigenvalue weighted by Crippen LogP contribution is 2.24. The Morgan fingerprint density at radius 1 is 1.09 bits per heavy atom. The summed E-state index contributed by atoms with van der Waals surface area (Å²) < 4.78 is 28.4. The molecule has 32 heavy (non-hydrogen) atoms. The van der Waals surface area contributed by atoms with Crippen LogP contribution in [0.5, 0.6) is 0 Å². The molecule has 0 aromatic heterocycles. The van der Waals surface area contributed by atoms with Crippen LogP contribution in [-0.4, -0.2) is 43.0 Å². The largest absolute Gasteiger partial charge is 0.481 e. The summed E-state index contributed by atoms with van der Waals surface area (Å²) in [5.74, 6) is -0.805. The lowest BCUT2D eigenvalue weighted by Gasteiger charge is -2.22. The summed E-state index contributed by atoms with van der Waals surface area (Å²) in [4.78, 5) is 13.1. The first-order valence-electron chi connectivity index (χ1n) is 10.4. The summed E-state index contributed by atoms with van der Waals surface area (Å²) in [6, 6.07) is 13.5. The van der Waals surface area contributed by atoms with E-state index in [1.165, 1.54) is 12.1 Å². The predicted molar refractivity (Wildman–Crippen MR) is 126 cm³/mol. The Hall–Kier alpha value is -1.90. The number of aliphatic carboxylic acids is 1. The van der Waals surface area contributed by atoms with Gasteiger partial charge in [-0.25, -0.2) is 13.1 Å². The number of rotatable bonds is 10. The summed E-state index contributed by atoms with van der Waals surface area (Å²) in [5.41, 5.74) is 1.08. The van der Waals surface area contributed by atoms with Crippen LogP contribution >= 0.6 is 23.2 Å². The maximum absolute atomic E-state index is 12.8. The number of halogens is 2. The van der Waals surface area contributed by atoms with Crippen LogP contribution in [0.2, 0.25) is 10.0 Å². The van der Waals surface area contributed by atoms with Crippen LogP contribution in [0.15, 0.2) is 65.6 Å². The van der Waals surface area contributed by atoms with Crippen LogP contribution in [0.3, 0.4) is 0 Å². The van der Waals surface area contributed by atoms with Crippen molar-refractivity contribution < 1.29 is 18.3 Å². The molecule has 3 rings (SSSR count). The van der Waals surface area contributed by atoms with Crippen molar-refractivity contribution in [2.24, 2.45) is 0 Å². The molecule has 0 saturated carbocycles. The maximum atomic E-state index is 12.8. The van der Waals surface area contributed by atoms with Gasteiger partial charge in [0.1, 0.15) is 0 Å². The fourth-order valence-electron chi connectivity index (χ4n) is 3.75. The number of hydrogen-bond donors (Lipinski definition) is 2. The Labute approximate surface area is 198 Å². The van der Waals surface area contributed by atoms with Gasteiger partial charge in [-0.3, -0.25) is 9.69 Å². The Morgan fingerprint density at radius 2 is 1.72 bits per heavy atom. The minimum atomic E-state index is -3.67. The van der Waals surface area contributed by atoms with Crippen LogP contribution in [0.25, 0.3) is 0 Å². The van der Waals surface area contributed by atoms with Crippen LogP contribution < -0.4 is 4.72 Å². The van der Waals surface area contributed by atoms with Gasteiger partial charge in [-0.1, -0.05) is 47.5 Å². The number of unbranched alkanes of at least 4 members (excludes halogenated alkanes) is 1. The highest BCUT2D eigenvalue weighted by molar-refractivity contribution is 7.89. The zero-order valence-corrected chi connectivity index (χ0v) is 19.8. The van der Waals surface area contributed by atoms with Crippen molar-refractivity contribution in [3.63, 3.8) is 0 Å². The quantitative estimate of drug-likeness (QED) is 0.366. The summed E-state index contributed by atoms with van der Waals surface area (Å²) in [6.07, 6.45) is 6.02. The number of carboxylic acids is 1. The molecule has 0 radical (unpaired) electrons. The first-order chi connectivity index (χ1) is 15.2. The van der Waals surface area contributed by atoms with Crippen LogP contribution in [0.1, 0.15) is 31.2 Å². The van der Waals surface area contributed by atoms with E-state index in [1.807, 2.05) is 36.4 Å². The Kier molecular flexibility index (Phi) is 8.73. The zero-order valence-electron chi connectivity index (χ0n) is 17.5. The first-order valence-corrected chi connectivity index (χ1v) is 12.6. The van der Waals surface area contributed by atoms with Crippen LogP contribution in [0.4, 0.5) is 0 Å². The fraction of sp³-hybridized carbons (Fsp3) is 0.348. The van der Waals surface area contributed by atoms with E-state index in [1.54, 1.807) is 12.1 Å². The normalized spacial score (nSPS) is 19.6. The Bertz CT molecular complexity index is 1040. The summed E-state index contributed by atoms with van der Waals surface area (Å²) in [7, 11) is -3.67. The van der Waals surface area contributed by atoms with Gasteiger partial charge in [0, 0.05) is 41.6 Å². The number of carbonyl (C=O) groups is 1. The van der Waals surface area contributed by atoms with Crippen molar-refractivity contribution in [2.75, 3.05) is 6.54 Å². The number of sulfonamides is 1. The van der Waals surface area contributed by atoms with Gasteiger partial charge in [0.25, 0.3) is 0 Å². The first kappa shape index (κ1) is 24.7. The third-order valence-electron chi connectivity index (χ3n) is 5.31. The average molecular weight is 497 g/mol. The van der Waals surface area contributed by atoms with Gasteiger partial charge in [-0.05, 0) is 61.2 Å². The molecule has 1 aliphatic rings. The van der Waals surface area contributed by atoms with E-state index in [9.17, 15) is 13.2 Å². The van der Waals surface area contributed by atoms with Crippen molar-refractivity contribution in [1.29, 1.82) is 0 Å². The molecule has 1 heterocycles. The number of nitrogens with zero attached hydrogens (tertiary/aromatic N) is 1. The third-order valence-corrected chi connectivity index (χ3v) is 7.35. The van der Waals surface area contributed by atoms with Crippen molar-refractivity contribution in [3.05, 3.63) is 76.3 Å². The van der Waals surface area contributed by atoms with Gasteiger partial charge in [0.05, 0.1) is 4.90 Å². The van der Waals surface area contributed by atoms with E-state index >= 15 is 0 Å². The van der Waals surface area contributed by atoms with Gasteiger partial charge < -0.3 is 5.11 Å². The molecular formula is C23H26Cl2N2O4S. The lowest BCUT2D eigenvalue weighted by atomic mass is 10.1. The topological polar surface area (TPSA) is 86.7 Å². The number of likely N-dealkylation sites (tertiary alicyclic amines) is 1. The predicted octanol–water partition coefficient (Wildman–Crippen LogP) is 4.73. The van der Waals surface area contributed by atoms with E-state index in [2.05, 4.69) is 9.62 Å². The molecule has 2 N–H and O–H groups in total. The van der Waals surface area contributed by atoms with E-state index in [-0.39, 0.29) is 23.4 Å². The number of carboxylic acid groups (broad SMARTS) is 1. The van der Waals surface area contributed by atoms with Crippen molar-refractivity contribution in [2.45, 2.75) is 49.2 Å². The smallest absolute Gasteiger partial charge is 0.303 e. The molecule has 1 fully saturated rings. The molecule has 1 saturated heterocycles. The fourth-order valence-corrected chi connectivity index (χ4v) is 5.24. The van der Waals surface area contributed by atoms with E-state index in [0.29, 0.717) is 42.4 Å². The molecule has 0 amide bonds. The molecule has 0 spiro atoms. The highest BCUT2D eigenvalue weighted by atomic mass is 35.5. The van der Waals surface area contributed by atoms with Gasteiger partial charge >= 0.3 is 5.97 Å². The maximum Gasteiger partial charge on any atom is 0.303 e. The minimum Gasteiger partial charge on any atom is -0.481 e. The lowest BCUT2D eigenvalue weighted by Crippen LogP contribution is -2.37. The van der Waals surface area contributed by atoms with Gasteiger partial charge in [0.15, 0.2) is 0 Å². The molecule has 0 unspecified atom stereocenters. The molecule has 1 aliphatic heterocycles. The number of nitrogens with one attached hydrogen (secondary N) is 1. The number of hydrogen-bond acceptors (Lipinski definition) is 4. The van der Waals surface area contributed by atoms with Gasteiger partial charge in [0.2, 0.25) is 10.0 Å². The van der Waals surface area contributed by atoms with Crippen LogP contribution in [0, 0.1) is 0 Å². The zero-order chi connectivity index (χ0) is 23.1. The average Bonchev–Trinajstić information content (AvgIpc) is 3.09. The van der Waals surface area contributed by atoms with Crippen LogP contribution in [-0.2, 0) is 21.4 Å². The summed E-state index contributed by atoms with van der Waals surface area (Å²) in [5, 5.41) is 9.93. The SMILES string of the molecule is O=C(O)CCC/C=C\[C@@H]1C[C@@H](NS(=O)(=O)c2ccc(Cl)cc2)CN1Cc1ccc(Cl)cc1. The van der Waals surface area contributed by atoms with Gasteiger partial charge in [-0.2, -0.15) is 0 Å². The molecule has 9 heteroatoms. The van der Waals surface area contributed by atoms with Gasteiger partial charge in [-0.15, -0.1) is 0 Å². The molecule has 2 atom stereocenters. The van der Waals surface area contributed by atoms with Crippen molar-refractivity contribution in [1.82, 2.24) is 9.62 Å². The van der Waals surface area contributed by atoms with E-state index in [0.717, 1.165) is 5.56 Å². The molecule has 2 aromatic rings. The standard InChI is InChI=1S/C23H26Cl2N2O4S/c24-18-8-6-17(7-9-18)15-27-16-20(14-21(27)4-2-1-3-5-23(28)29)26-32(30,31)22-12-10-19(25)11-13-22/h2,4,6-13,20-21,26H,1,3,5,14-16H2,(H,28,29)/b4-2-/t20-,21-/m1/s1. The number of benzene rings is 2. The summed E-state index contributed by atoms with van der Waals surface area (Å²) >= 11 is 11.9. The van der Waals surface area contributed by atoms with Crippen molar-refractivity contribution in [3.8, 4) is 0 Å². The lowest BCUT2D eigenvalue weighted by molar-refractivity contribution is -0.137. The monoisotopic (exact) mass is 496 g/mol. The molecule has 2 aromatic carbocycles. The molecular weight excluding hydrogens is 471 g/mol. The molecule has 0 bridgehead atoms. The van der Waals surface area contributed by atoms with E-state index < -0.39 is 16.0 Å². The second-order valence-electron chi connectivity index (χ2n) is 7.85. The highest BCUT2D eigenvalue weighted by Gasteiger charge is 2.33. The summed E-state index contributed by atoms with van der Waals surface area (Å²) in [6.45, 7) is 1.21. The van der Waals surface area contributed by atoms with Crippen molar-refractivity contribution >= 4 is 39.2 Å².